The van der Waals surface area contributed by atoms with Crippen LogP contribution in [0.25, 0.3) is 0 Å². The standard InChI is InChI=1S/C16H22FNO2/c1-12(2)20-10-9-16(19)18(15-7-8-15)11-13-3-5-14(17)6-4-13/h3-6,12,15H,7-11H2,1-2H3. The van der Waals surface area contributed by atoms with Crippen molar-refractivity contribution in [2.24, 2.45) is 0 Å². The van der Waals surface area contributed by atoms with Gasteiger partial charge in [-0.2, -0.15) is 0 Å². The molecule has 0 aliphatic heterocycles. The number of benzene rings is 1. The van der Waals surface area contributed by atoms with Gasteiger partial charge in [0, 0.05) is 12.6 Å². The van der Waals surface area contributed by atoms with E-state index in [1.165, 1.54) is 12.1 Å². The highest BCUT2D eigenvalue weighted by molar-refractivity contribution is 5.77. The number of amides is 1. The fraction of sp³-hybridized carbons (Fsp3) is 0.562. The Hall–Kier alpha value is -1.42. The van der Waals surface area contributed by atoms with Crippen LogP contribution in [0.4, 0.5) is 4.39 Å². The van der Waals surface area contributed by atoms with E-state index in [1.807, 2.05) is 18.7 Å². The molecule has 110 valence electrons. The molecule has 0 bridgehead atoms. The molecule has 2 rings (SSSR count). The zero-order valence-corrected chi connectivity index (χ0v) is 12.1. The first-order valence-electron chi connectivity index (χ1n) is 7.22. The van der Waals surface area contributed by atoms with Gasteiger partial charge in [-0.1, -0.05) is 12.1 Å². The first kappa shape index (κ1) is 15.0. The largest absolute Gasteiger partial charge is 0.378 e. The summed E-state index contributed by atoms with van der Waals surface area (Å²) in [7, 11) is 0. The third kappa shape index (κ3) is 4.60. The summed E-state index contributed by atoms with van der Waals surface area (Å²) in [5.41, 5.74) is 0.969. The minimum Gasteiger partial charge on any atom is -0.378 e. The molecule has 1 aromatic carbocycles. The molecule has 0 heterocycles. The Balaban J connectivity index is 1.89. The van der Waals surface area contributed by atoms with Gasteiger partial charge < -0.3 is 9.64 Å². The second-order valence-electron chi connectivity index (χ2n) is 5.55. The molecule has 0 radical (unpaired) electrons. The van der Waals surface area contributed by atoms with Crippen LogP contribution in [0.5, 0.6) is 0 Å². The van der Waals surface area contributed by atoms with Gasteiger partial charge in [0.05, 0.1) is 19.1 Å². The smallest absolute Gasteiger partial charge is 0.225 e. The maximum absolute atomic E-state index is 12.9. The van der Waals surface area contributed by atoms with Crippen LogP contribution in [0.1, 0.15) is 38.7 Å². The summed E-state index contributed by atoms with van der Waals surface area (Å²) >= 11 is 0. The molecule has 0 N–H and O–H groups in total. The van der Waals surface area contributed by atoms with E-state index in [0.717, 1.165) is 18.4 Å². The van der Waals surface area contributed by atoms with E-state index < -0.39 is 0 Å². The van der Waals surface area contributed by atoms with E-state index >= 15 is 0 Å². The van der Waals surface area contributed by atoms with Crippen molar-refractivity contribution in [3.8, 4) is 0 Å². The van der Waals surface area contributed by atoms with Crippen molar-refractivity contribution >= 4 is 5.91 Å². The number of hydrogen-bond acceptors (Lipinski definition) is 2. The van der Waals surface area contributed by atoms with Crippen molar-refractivity contribution in [3.05, 3.63) is 35.6 Å². The summed E-state index contributed by atoms with van der Waals surface area (Å²) in [5, 5.41) is 0. The first-order chi connectivity index (χ1) is 9.56. The molecule has 1 aliphatic rings. The molecule has 1 fully saturated rings. The maximum atomic E-state index is 12.9. The number of ether oxygens (including phenoxy) is 1. The van der Waals surface area contributed by atoms with Gasteiger partial charge in [-0.15, -0.1) is 0 Å². The van der Waals surface area contributed by atoms with E-state index in [9.17, 15) is 9.18 Å². The molecule has 0 atom stereocenters. The molecule has 0 saturated heterocycles. The normalized spacial score (nSPS) is 14.6. The monoisotopic (exact) mass is 279 g/mol. The van der Waals surface area contributed by atoms with E-state index in [1.54, 1.807) is 12.1 Å². The predicted octanol–water partition coefficient (Wildman–Crippen LogP) is 3.13. The lowest BCUT2D eigenvalue weighted by Crippen LogP contribution is -2.33. The van der Waals surface area contributed by atoms with Gasteiger partial charge in [0.25, 0.3) is 0 Å². The summed E-state index contributed by atoms with van der Waals surface area (Å²) < 4.78 is 18.3. The zero-order chi connectivity index (χ0) is 14.5. The molecule has 0 aromatic heterocycles. The van der Waals surface area contributed by atoms with Crippen molar-refractivity contribution in [1.29, 1.82) is 0 Å². The summed E-state index contributed by atoms with van der Waals surface area (Å²) in [6.07, 6.45) is 2.69. The van der Waals surface area contributed by atoms with Crippen molar-refractivity contribution < 1.29 is 13.9 Å². The second kappa shape index (κ2) is 6.84. The van der Waals surface area contributed by atoms with Gasteiger partial charge in [0.2, 0.25) is 5.91 Å². The highest BCUT2D eigenvalue weighted by atomic mass is 19.1. The molecule has 20 heavy (non-hydrogen) atoms. The fourth-order valence-corrected chi connectivity index (χ4v) is 2.12. The van der Waals surface area contributed by atoms with Gasteiger partial charge in [-0.3, -0.25) is 4.79 Å². The topological polar surface area (TPSA) is 29.5 Å². The highest BCUT2D eigenvalue weighted by Crippen LogP contribution is 2.29. The van der Waals surface area contributed by atoms with Crippen LogP contribution in [0.15, 0.2) is 24.3 Å². The lowest BCUT2D eigenvalue weighted by atomic mass is 10.2. The average molecular weight is 279 g/mol. The Morgan fingerprint density at radius 1 is 1.35 bits per heavy atom. The van der Waals surface area contributed by atoms with Crippen LogP contribution in [-0.2, 0) is 16.1 Å². The van der Waals surface area contributed by atoms with E-state index in [2.05, 4.69) is 0 Å². The van der Waals surface area contributed by atoms with E-state index in [-0.39, 0.29) is 17.8 Å². The van der Waals surface area contributed by atoms with E-state index in [4.69, 9.17) is 4.74 Å². The Bertz CT molecular complexity index is 440. The van der Waals surface area contributed by atoms with Crippen LogP contribution >= 0.6 is 0 Å². The van der Waals surface area contributed by atoms with Crippen LogP contribution < -0.4 is 0 Å². The molecule has 3 nitrogen and oxygen atoms in total. The van der Waals surface area contributed by atoms with Gasteiger partial charge in [0.1, 0.15) is 5.82 Å². The van der Waals surface area contributed by atoms with Gasteiger partial charge in [-0.05, 0) is 44.4 Å². The van der Waals surface area contributed by atoms with Crippen LogP contribution in [-0.4, -0.2) is 29.6 Å². The molecule has 0 spiro atoms. The molecular formula is C16H22FNO2. The fourth-order valence-electron chi connectivity index (χ4n) is 2.12. The molecule has 0 unspecified atom stereocenters. The van der Waals surface area contributed by atoms with Crippen molar-refractivity contribution in [3.63, 3.8) is 0 Å². The molecule has 1 aliphatic carbocycles. The molecule has 1 aromatic rings. The number of hydrogen-bond donors (Lipinski definition) is 0. The van der Waals surface area contributed by atoms with Crippen LogP contribution in [0, 0.1) is 5.82 Å². The van der Waals surface area contributed by atoms with Gasteiger partial charge in [-0.25, -0.2) is 4.39 Å². The second-order valence-corrected chi connectivity index (χ2v) is 5.55. The average Bonchev–Trinajstić information content (AvgIpc) is 3.21. The summed E-state index contributed by atoms with van der Waals surface area (Å²) in [6, 6.07) is 6.71. The molecule has 1 amide bonds. The maximum Gasteiger partial charge on any atom is 0.225 e. The van der Waals surface area contributed by atoms with E-state index in [0.29, 0.717) is 25.6 Å². The number of carbonyl (C=O) groups is 1. The van der Waals surface area contributed by atoms with Gasteiger partial charge in [0.15, 0.2) is 0 Å². The molecule has 4 heteroatoms. The third-order valence-corrected chi connectivity index (χ3v) is 3.34. The molecular weight excluding hydrogens is 257 g/mol. The minimum absolute atomic E-state index is 0.123. The summed E-state index contributed by atoms with van der Waals surface area (Å²) in [4.78, 5) is 14.1. The number of nitrogens with zero attached hydrogens (tertiary/aromatic N) is 1. The predicted molar refractivity (Wildman–Crippen MR) is 75.7 cm³/mol. The molecule has 1 saturated carbocycles. The minimum atomic E-state index is -0.247. The van der Waals surface area contributed by atoms with Crippen molar-refractivity contribution in [2.75, 3.05) is 6.61 Å². The summed E-state index contributed by atoms with van der Waals surface area (Å²) in [6.45, 7) is 4.94. The number of halogens is 1. The first-order valence-corrected chi connectivity index (χ1v) is 7.22. The van der Waals surface area contributed by atoms with Crippen molar-refractivity contribution in [1.82, 2.24) is 4.90 Å². The highest BCUT2D eigenvalue weighted by Gasteiger charge is 2.32. The van der Waals surface area contributed by atoms with Gasteiger partial charge >= 0.3 is 0 Å². The third-order valence-electron chi connectivity index (χ3n) is 3.34. The number of carbonyl (C=O) groups excluding carboxylic acids is 1. The Labute approximate surface area is 119 Å². The lowest BCUT2D eigenvalue weighted by Gasteiger charge is -2.23. The van der Waals surface area contributed by atoms with Crippen molar-refractivity contribution in [2.45, 2.75) is 51.8 Å². The lowest BCUT2D eigenvalue weighted by molar-refractivity contribution is -0.133. The van der Waals surface area contributed by atoms with Crippen LogP contribution in [0.3, 0.4) is 0 Å². The Kier molecular flexibility index (Phi) is 5.12. The number of rotatable bonds is 7. The Morgan fingerprint density at radius 2 is 2.00 bits per heavy atom. The quantitative estimate of drug-likeness (QED) is 0.767. The Morgan fingerprint density at radius 3 is 2.55 bits per heavy atom. The van der Waals surface area contributed by atoms with Crippen LogP contribution in [0.2, 0.25) is 0 Å². The zero-order valence-electron chi connectivity index (χ0n) is 12.1. The summed E-state index contributed by atoms with van der Waals surface area (Å²) in [5.74, 6) is -0.124. The SMILES string of the molecule is CC(C)OCCC(=O)N(Cc1ccc(F)cc1)C1CC1.